The fourth-order valence-electron chi connectivity index (χ4n) is 1.60. The fraction of sp³-hybridized carbons (Fsp3) is 0.818. The molecule has 0 rings (SSSR count). The molecule has 0 aromatic carbocycles. The number of rotatable bonds is 7. The Morgan fingerprint density at radius 1 is 1.31 bits per heavy atom. The molecule has 0 aliphatic rings. The zero-order valence-corrected chi connectivity index (χ0v) is 10.2. The quantitative estimate of drug-likeness (QED) is 0.601. The molecule has 0 aromatic heterocycles. The highest BCUT2D eigenvalue weighted by Crippen LogP contribution is 2.25. The van der Waals surface area contributed by atoms with E-state index in [-0.39, 0.29) is 12.5 Å². The molecule has 0 saturated carbocycles. The molecule has 0 fully saturated rings. The third kappa shape index (κ3) is 3.20. The minimum atomic E-state index is -1.01. The lowest BCUT2D eigenvalue weighted by atomic mass is 9.81. The second-order valence-corrected chi connectivity index (χ2v) is 3.96. The molecule has 0 bridgehead atoms. The Hall–Kier alpha value is -1.10. The van der Waals surface area contributed by atoms with Crippen LogP contribution in [-0.4, -0.2) is 29.6 Å². The normalized spacial score (nSPS) is 13.2. The summed E-state index contributed by atoms with van der Waals surface area (Å²) in [7, 11) is 0. The van der Waals surface area contributed by atoms with Crippen molar-refractivity contribution in [3.8, 4) is 0 Å². The molecule has 1 unspecified atom stereocenters. The molecular weight excluding hydrogens is 208 g/mol. The lowest BCUT2D eigenvalue weighted by Gasteiger charge is -2.29. The van der Waals surface area contributed by atoms with Crippen LogP contribution in [0.3, 0.4) is 0 Å². The number of aliphatic carboxylic acids is 1. The Morgan fingerprint density at radius 2 is 1.81 bits per heavy atom. The largest absolute Gasteiger partial charge is 0.480 e. The molecule has 5 heteroatoms. The average Bonchev–Trinajstić information content (AvgIpc) is 2.28. The van der Waals surface area contributed by atoms with E-state index in [1.54, 1.807) is 6.92 Å². The van der Waals surface area contributed by atoms with Crippen molar-refractivity contribution < 1.29 is 14.7 Å². The van der Waals surface area contributed by atoms with Gasteiger partial charge >= 0.3 is 5.97 Å². The standard InChI is InChI=1S/C11H22N2O3/c1-4-8(9(14)15)13-10(16)11(5-2,6-3)7-12/h8H,4-7,12H2,1-3H3,(H,13,16)(H,14,15). The lowest BCUT2D eigenvalue weighted by Crippen LogP contribution is -2.50. The van der Waals surface area contributed by atoms with Crippen LogP contribution in [0.15, 0.2) is 0 Å². The minimum absolute atomic E-state index is 0.238. The SMILES string of the molecule is CCC(NC(=O)C(CC)(CC)CN)C(=O)O. The lowest BCUT2D eigenvalue weighted by molar-refractivity contribution is -0.144. The van der Waals surface area contributed by atoms with E-state index in [2.05, 4.69) is 5.32 Å². The van der Waals surface area contributed by atoms with Gasteiger partial charge in [0.05, 0.1) is 5.41 Å². The van der Waals surface area contributed by atoms with Crippen molar-refractivity contribution in [1.82, 2.24) is 5.32 Å². The number of hydrogen-bond donors (Lipinski definition) is 3. The van der Waals surface area contributed by atoms with Gasteiger partial charge in [-0.2, -0.15) is 0 Å². The maximum Gasteiger partial charge on any atom is 0.326 e. The highest BCUT2D eigenvalue weighted by molar-refractivity contribution is 5.87. The first-order chi connectivity index (χ1) is 7.47. The summed E-state index contributed by atoms with van der Waals surface area (Å²) in [6, 6.07) is -0.823. The zero-order chi connectivity index (χ0) is 12.8. The molecule has 0 aliphatic heterocycles. The summed E-state index contributed by atoms with van der Waals surface area (Å²) in [5, 5.41) is 11.4. The van der Waals surface area contributed by atoms with Crippen LogP contribution in [0, 0.1) is 5.41 Å². The second kappa shape index (κ2) is 6.48. The molecule has 0 heterocycles. The van der Waals surface area contributed by atoms with Crippen LogP contribution in [0.4, 0.5) is 0 Å². The highest BCUT2D eigenvalue weighted by atomic mass is 16.4. The summed E-state index contributed by atoms with van der Waals surface area (Å²) in [5.74, 6) is -1.26. The molecule has 94 valence electrons. The van der Waals surface area contributed by atoms with Gasteiger partial charge in [-0.05, 0) is 19.3 Å². The number of hydrogen-bond acceptors (Lipinski definition) is 3. The number of amides is 1. The van der Waals surface area contributed by atoms with E-state index in [1.165, 1.54) is 0 Å². The summed E-state index contributed by atoms with van der Waals surface area (Å²) in [6.45, 7) is 5.73. The molecule has 0 radical (unpaired) electrons. The van der Waals surface area contributed by atoms with Crippen molar-refractivity contribution in [1.29, 1.82) is 0 Å². The van der Waals surface area contributed by atoms with Crippen LogP contribution in [0.1, 0.15) is 40.0 Å². The van der Waals surface area contributed by atoms with Crippen molar-refractivity contribution in [2.24, 2.45) is 11.1 Å². The topological polar surface area (TPSA) is 92.4 Å². The number of nitrogens with one attached hydrogen (secondary N) is 1. The van der Waals surface area contributed by atoms with Gasteiger partial charge in [-0.15, -0.1) is 0 Å². The van der Waals surface area contributed by atoms with Gasteiger partial charge in [-0.3, -0.25) is 4.79 Å². The summed E-state index contributed by atoms with van der Waals surface area (Å²) in [6.07, 6.45) is 1.60. The maximum absolute atomic E-state index is 12.0. The van der Waals surface area contributed by atoms with Gasteiger partial charge in [0.25, 0.3) is 0 Å². The Morgan fingerprint density at radius 3 is 2.06 bits per heavy atom. The van der Waals surface area contributed by atoms with E-state index < -0.39 is 17.4 Å². The van der Waals surface area contributed by atoms with E-state index in [0.29, 0.717) is 19.3 Å². The third-order valence-corrected chi connectivity index (χ3v) is 3.24. The molecule has 4 N–H and O–H groups in total. The van der Waals surface area contributed by atoms with Crippen LogP contribution < -0.4 is 11.1 Å². The van der Waals surface area contributed by atoms with Crippen molar-refractivity contribution in [2.75, 3.05) is 6.54 Å². The first-order valence-corrected chi connectivity index (χ1v) is 5.71. The van der Waals surface area contributed by atoms with Crippen molar-refractivity contribution in [2.45, 2.75) is 46.1 Å². The van der Waals surface area contributed by atoms with Crippen LogP contribution in [0.2, 0.25) is 0 Å². The molecule has 0 spiro atoms. The van der Waals surface area contributed by atoms with Gasteiger partial charge < -0.3 is 16.2 Å². The van der Waals surface area contributed by atoms with Gasteiger partial charge in [0, 0.05) is 6.54 Å². The van der Waals surface area contributed by atoms with Gasteiger partial charge in [0.2, 0.25) is 5.91 Å². The van der Waals surface area contributed by atoms with Crippen molar-refractivity contribution in [3.63, 3.8) is 0 Å². The second-order valence-electron chi connectivity index (χ2n) is 3.96. The molecule has 16 heavy (non-hydrogen) atoms. The monoisotopic (exact) mass is 230 g/mol. The van der Waals surface area contributed by atoms with E-state index >= 15 is 0 Å². The molecule has 0 aromatic rings. The smallest absolute Gasteiger partial charge is 0.326 e. The van der Waals surface area contributed by atoms with Crippen LogP contribution in [0.25, 0.3) is 0 Å². The van der Waals surface area contributed by atoms with Crippen LogP contribution in [0.5, 0.6) is 0 Å². The number of carbonyl (C=O) groups excluding carboxylic acids is 1. The first-order valence-electron chi connectivity index (χ1n) is 5.71. The Bertz CT molecular complexity index is 241. The van der Waals surface area contributed by atoms with Crippen molar-refractivity contribution in [3.05, 3.63) is 0 Å². The van der Waals surface area contributed by atoms with E-state index in [9.17, 15) is 9.59 Å². The maximum atomic E-state index is 12.0. The number of carboxylic acids is 1. The molecule has 0 aliphatic carbocycles. The van der Waals surface area contributed by atoms with E-state index in [0.717, 1.165) is 0 Å². The van der Waals surface area contributed by atoms with E-state index in [1.807, 2.05) is 13.8 Å². The van der Waals surface area contributed by atoms with Crippen molar-refractivity contribution >= 4 is 11.9 Å². The van der Waals surface area contributed by atoms with Gasteiger partial charge in [-0.25, -0.2) is 4.79 Å². The van der Waals surface area contributed by atoms with E-state index in [4.69, 9.17) is 10.8 Å². The van der Waals surface area contributed by atoms with Gasteiger partial charge in [0.15, 0.2) is 0 Å². The number of carboxylic acid groups (broad SMARTS) is 1. The molecule has 1 amide bonds. The number of nitrogens with two attached hydrogens (primary N) is 1. The Balaban J connectivity index is 4.70. The minimum Gasteiger partial charge on any atom is -0.480 e. The van der Waals surface area contributed by atoms with Gasteiger partial charge in [-0.1, -0.05) is 20.8 Å². The summed E-state index contributed by atoms with van der Waals surface area (Å²) in [5.41, 5.74) is 4.98. The third-order valence-electron chi connectivity index (χ3n) is 3.24. The van der Waals surface area contributed by atoms with Crippen LogP contribution in [-0.2, 0) is 9.59 Å². The predicted molar refractivity (Wildman–Crippen MR) is 61.9 cm³/mol. The predicted octanol–water partition coefficient (Wildman–Crippen LogP) is 0.731. The average molecular weight is 230 g/mol. The Labute approximate surface area is 96.4 Å². The highest BCUT2D eigenvalue weighted by Gasteiger charge is 2.35. The molecule has 1 atom stereocenters. The summed E-state index contributed by atoms with van der Waals surface area (Å²) >= 11 is 0. The van der Waals surface area contributed by atoms with Gasteiger partial charge in [0.1, 0.15) is 6.04 Å². The fourth-order valence-corrected chi connectivity index (χ4v) is 1.60. The zero-order valence-electron chi connectivity index (χ0n) is 10.2. The first kappa shape index (κ1) is 14.9. The summed E-state index contributed by atoms with van der Waals surface area (Å²) < 4.78 is 0. The molecular formula is C11H22N2O3. The number of carbonyl (C=O) groups is 2. The molecule has 5 nitrogen and oxygen atoms in total. The Kier molecular flexibility index (Phi) is 6.03. The van der Waals surface area contributed by atoms with Crippen LogP contribution >= 0.6 is 0 Å². The molecule has 0 saturated heterocycles. The summed E-state index contributed by atoms with van der Waals surface area (Å²) in [4.78, 5) is 22.8.